The first-order valence-electron chi connectivity index (χ1n) is 6.00. The standard InChI is InChI=1S/C16H12N2O/c17-16(19)14-6-2-1-5-13(14)11-7-8-15-12(10-11)4-3-9-18-15/h1-10H,(H2,17,19). The number of carbonyl (C=O) groups excluding carboxylic acids is 1. The molecule has 0 saturated carbocycles. The fourth-order valence-electron chi connectivity index (χ4n) is 2.19. The molecule has 1 amide bonds. The molecule has 0 aliphatic carbocycles. The molecule has 0 unspecified atom stereocenters. The summed E-state index contributed by atoms with van der Waals surface area (Å²) in [6, 6.07) is 17.2. The Kier molecular flexibility index (Phi) is 2.72. The molecule has 0 fully saturated rings. The van der Waals surface area contributed by atoms with Gasteiger partial charge in [-0.25, -0.2) is 0 Å². The predicted octanol–water partition coefficient (Wildman–Crippen LogP) is 3.00. The van der Waals surface area contributed by atoms with E-state index in [0.29, 0.717) is 5.56 Å². The van der Waals surface area contributed by atoms with Gasteiger partial charge < -0.3 is 5.73 Å². The minimum Gasteiger partial charge on any atom is -0.366 e. The van der Waals surface area contributed by atoms with Crippen LogP contribution in [0.2, 0.25) is 0 Å². The highest BCUT2D eigenvalue weighted by Gasteiger charge is 2.09. The largest absolute Gasteiger partial charge is 0.366 e. The third-order valence-electron chi connectivity index (χ3n) is 3.11. The number of nitrogens with zero attached hydrogens (tertiary/aromatic N) is 1. The fourth-order valence-corrected chi connectivity index (χ4v) is 2.19. The Hall–Kier alpha value is -2.68. The van der Waals surface area contributed by atoms with Gasteiger partial charge in [0.1, 0.15) is 0 Å². The molecule has 19 heavy (non-hydrogen) atoms. The number of nitrogens with two attached hydrogens (primary N) is 1. The molecule has 0 bridgehead atoms. The molecule has 0 atom stereocenters. The number of pyridine rings is 1. The molecule has 0 aliphatic heterocycles. The zero-order valence-electron chi connectivity index (χ0n) is 10.2. The van der Waals surface area contributed by atoms with Crippen LogP contribution < -0.4 is 5.73 Å². The first-order valence-corrected chi connectivity index (χ1v) is 6.00. The van der Waals surface area contributed by atoms with E-state index in [2.05, 4.69) is 4.98 Å². The summed E-state index contributed by atoms with van der Waals surface area (Å²) < 4.78 is 0. The maximum Gasteiger partial charge on any atom is 0.249 e. The third-order valence-corrected chi connectivity index (χ3v) is 3.11. The lowest BCUT2D eigenvalue weighted by Crippen LogP contribution is -2.12. The lowest BCUT2D eigenvalue weighted by Gasteiger charge is -2.07. The third kappa shape index (κ3) is 2.06. The molecule has 0 radical (unpaired) electrons. The van der Waals surface area contributed by atoms with Gasteiger partial charge in [0.15, 0.2) is 0 Å². The first-order chi connectivity index (χ1) is 9.25. The molecular formula is C16H12N2O. The van der Waals surface area contributed by atoms with Crippen molar-refractivity contribution in [3.63, 3.8) is 0 Å². The highest BCUT2D eigenvalue weighted by Crippen LogP contribution is 2.26. The second kappa shape index (κ2) is 4.53. The van der Waals surface area contributed by atoms with Crippen LogP contribution in [-0.4, -0.2) is 10.9 Å². The van der Waals surface area contributed by atoms with E-state index in [1.165, 1.54) is 0 Å². The monoisotopic (exact) mass is 248 g/mol. The number of carbonyl (C=O) groups is 1. The molecule has 0 spiro atoms. The highest BCUT2D eigenvalue weighted by atomic mass is 16.1. The van der Waals surface area contributed by atoms with Crippen molar-refractivity contribution in [2.24, 2.45) is 5.73 Å². The number of amides is 1. The normalized spacial score (nSPS) is 10.5. The number of hydrogen-bond donors (Lipinski definition) is 1. The highest BCUT2D eigenvalue weighted by molar-refractivity contribution is 6.00. The van der Waals surface area contributed by atoms with Crippen molar-refractivity contribution < 1.29 is 4.79 Å². The fraction of sp³-hybridized carbons (Fsp3) is 0. The van der Waals surface area contributed by atoms with Crippen molar-refractivity contribution in [1.82, 2.24) is 4.98 Å². The van der Waals surface area contributed by atoms with Crippen LogP contribution in [0.4, 0.5) is 0 Å². The van der Waals surface area contributed by atoms with Crippen molar-refractivity contribution in [3.05, 3.63) is 66.4 Å². The predicted molar refractivity (Wildman–Crippen MR) is 75.7 cm³/mol. The minimum atomic E-state index is -0.415. The lowest BCUT2D eigenvalue weighted by molar-refractivity contribution is 0.100. The molecule has 2 N–H and O–H groups in total. The number of rotatable bonds is 2. The summed E-state index contributed by atoms with van der Waals surface area (Å²) in [5.41, 5.74) is 8.69. The summed E-state index contributed by atoms with van der Waals surface area (Å²) in [7, 11) is 0. The van der Waals surface area contributed by atoms with E-state index in [1.807, 2.05) is 48.5 Å². The Morgan fingerprint density at radius 3 is 2.68 bits per heavy atom. The van der Waals surface area contributed by atoms with Crippen LogP contribution in [-0.2, 0) is 0 Å². The average molecular weight is 248 g/mol. The van der Waals surface area contributed by atoms with Crippen LogP contribution in [0.1, 0.15) is 10.4 Å². The zero-order valence-corrected chi connectivity index (χ0v) is 10.2. The molecule has 3 heteroatoms. The molecule has 2 aromatic carbocycles. The molecule has 0 aliphatic rings. The van der Waals surface area contributed by atoms with Crippen LogP contribution >= 0.6 is 0 Å². The molecule has 3 rings (SSSR count). The Morgan fingerprint density at radius 1 is 1.00 bits per heavy atom. The van der Waals surface area contributed by atoms with E-state index in [-0.39, 0.29) is 0 Å². The minimum absolute atomic E-state index is 0.415. The number of benzene rings is 2. The summed E-state index contributed by atoms with van der Waals surface area (Å²) in [4.78, 5) is 15.8. The summed E-state index contributed by atoms with van der Waals surface area (Å²) >= 11 is 0. The second-order valence-electron chi connectivity index (χ2n) is 4.32. The van der Waals surface area contributed by atoms with Crippen LogP contribution in [0, 0.1) is 0 Å². The first kappa shape index (κ1) is 11.4. The van der Waals surface area contributed by atoms with E-state index in [4.69, 9.17) is 5.73 Å². The number of aromatic nitrogens is 1. The maximum atomic E-state index is 11.5. The molecular weight excluding hydrogens is 236 g/mol. The zero-order chi connectivity index (χ0) is 13.2. The number of fused-ring (bicyclic) bond motifs is 1. The topological polar surface area (TPSA) is 56.0 Å². The van der Waals surface area contributed by atoms with Crippen LogP contribution in [0.5, 0.6) is 0 Å². The van der Waals surface area contributed by atoms with Gasteiger partial charge in [0.2, 0.25) is 5.91 Å². The van der Waals surface area contributed by atoms with E-state index < -0.39 is 5.91 Å². The van der Waals surface area contributed by atoms with Gasteiger partial charge in [0, 0.05) is 17.1 Å². The van der Waals surface area contributed by atoms with Crippen LogP contribution in [0.25, 0.3) is 22.0 Å². The Labute approximate surface area is 110 Å². The van der Waals surface area contributed by atoms with Gasteiger partial charge in [-0.15, -0.1) is 0 Å². The summed E-state index contributed by atoms with van der Waals surface area (Å²) in [5.74, 6) is -0.415. The molecule has 1 heterocycles. The molecule has 92 valence electrons. The smallest absolute Gasteiger partial charge is 0.249 e. The lowest BCUT2D eigenvalue weighted by atomic mass is 9.98. The molecule has 0 saturated heterocycles. The van der Waals surface area contributed by atoms with Gasteiger partial charge in [0.25, 0.3) is 0 Å². The van der Waals surface area contributed by atoms with Crippen LogP contribution in [0.3, 0.4) is 0 Å². The second-order valence-corrected chi connectivity index (χ2v) is 4.32. The van der Waals surface area contributed by atoms with Crippen molar-refractivity contribution >= 4 is 16.8 Å². The SMILES string of the molecule is NC(=O)c1ccccc1-c1ccc2ncccc2c1. The van der Waals surface area contributed by atoms with Gasteiger partial charge in [0.05, 0.1) is 5.52 Å². The number of hydrogen-bond acceptors (Lipinski definition) is 2. The van der Waals surface area contributed by atoms with Gasteiger partial charge in [-0.1, -0.05) is 30.3 Å². The van der Waals surface area contributed by atoms with Crippen LogP contribution in [0.15, 0.2) is 60.8 Å². The summed E-state index contributed by atoms with van der Waals surface area (Å²) in [5, 5.41) is 1.04. The van der Waals surface area contributed by atoms with E-state index in [0.717, 1.165) is 22.0 Å². The Morgan fingerprint density at radius 2 is 1.84 bits per heavy atom. The van der Waals surface area contributed by atoms with E-state index in [9.17, 15) is 4.79 Å². The summed E-state index contributed by atoms with van der Waals surface area (Å²) in [6.45, 7) is 0. The van der Waals surface area contributed by atoms with Crippen molar-refractivity contribution in [2.45, 2.75) is 0 Å². The maximum absolute atomic E-state index is 11.5. The summed E-state index contributed by atoms with van der Waals surface area (Å²) in [6.07, 6.45) is 1.76. The van der Waals surface area contributed by atoms with E-state index >= 15 is 0 Å². The average Bonchev–Trinajstić information content (AvgIpc) is 2.46. The van der Waals surface area contributed by atoms with E-state index in [1.54, 1.807) is 12.3 Å². The Bertz CT molecular complexity index is 765. The van der Waals surface area contributed by atoms with Crippen molar-refractivity contribution in [1.29, 1.82) is 0 Å². The van der Waals surface area contributed by atoms with Crippen molar-refractivity contribution in [3.8, 4) is 11.1 Å². The number of primary amides is 1. The Balaban J connectivity index is 2.22. The van der Waals surface area contributed by atoms with Gasteiger partial charge in [-0.2, -0.15) is 0 Å². The van der Waals surface area contributed by atoms with Gasteiger partial charge in [-0.3, -0.25) is 9.78 Å². The quantitative estimate of drug-likeness (QED) is 0.758. The molecule has 3 nitrogen and oxygen atoms in total. The molecule has 1 aromatic heterocycles. The van der Waals surface area contributed by atoms with Gasteiger partial charge >= 0.3 is 0 Å². The molecule has 3 aromatic rings. The van der Waals surface area contributed by atoms with Gasteiger partial charge in [-0.05, 0) is 35.4 Å². The van der Waals surface area contributed by atoms with Crippen molar-refractivity contribution in [2.75, 3.05) is 0 Å².